The summed E-state index contributed by atoms with van der Waals surface area (Å²) in [6.45, 7) is 0. The van der Waals surface area contributed by atoms with Gasteiger partial charge in [-0.25, -0.2) is 15.0 Å². The minimum Gasteiger partial charge on any atom is -0.455 e. The molecule has 8 rings (SSSR count). The SMILES string of the molecule is c1ccc(-c2nc(-c3ccccc3)nc(-c3c4ccccc4c(-c4ccccc4)c4c3oc3ccccc34)n2)cc1. The van der Waals surface area contributed by atoms with Gasteiger partial charge in [-0.3, -0.25) is 0 Å². The van der Waals surface area contributed by atoms with Crippen molar-refractivity contribution in [3.05, 3.63) is 140 Å². The van der Waals surface area contributed by atoms with Crippen LogP contribution in [0.4, 0.5) is 0 Å². The monoisotopic (exact) mass is 525 g/mol. The van der Waals surface area contributed by atoms with Gasteiger partial charge in [0.15, 0.2) is 17.5 Å². The van der Waals surface area contributed by atoms with Crippen molar-refractivity contribution in [1.82, 2.24) is 15.0 Å². The number of benzene rings is 6. The largest absolute Gasteiger partial charge is 0.455 e. The average Bonchev–Trinajstić information content (AvgIpc) is 3.43. The minimum atomic E-state index is 0.581. The Kier molecular flexibility index (Phi) is 5.42. The third-order valence-corrected chi connectivity index (χ3v) is 7.52. The third-order valence-electron chi connectivity index (χ3n) is 7.52. The maximum atomic E-state index is 6.70. The zero-order valence-corrected chi connectivity index (χ0v) is 22.0. The highest BCUT2D eigenvalue weighted by Crippen LogP contribution is 2.47. The molecule has 0 aliphatic heterocycles. The molecule has 0 atom stereocenters. The first-order valence-corrected chi connectivity index (χ1v) is 13.6. The fourth-order valence-electron chi connectivity index (χ4n) is 5.69. The number of para-hydroxylation sites is 1. The number of nitrogens with zero attached hydrogens (tertiary/aromatic N) is 3. The highest BCUT2D eigenvalue weighted by atomic mass is 16.3. The fourth-order valence-corrected chi connectivity index (χ4v) is 5.69. The average molecular weight is 526 g/mol. The van der Waals surface area contributed by atoms with Gasteiger partial charge in [0, 0.05) is 27.5 Å². The maximum absolute atomic E-state index is 6.70. The molecule has 2 aromatic heterocycles. The van der Waals surface area contributed by atoms with E-state index in [1.165, 1.54) is 0 Å². The lowest BCUT2D eigenvalue weighted by Gasteiger charge is -2.15. The van der Waals surface area contributed by atoms with Crippen LogP contribution < -0.4 is 0 Å². The molecule has 0 bridgehead atoms. The summed E-state index contributed by atoms with van der Waals surface area (Å²) in [6.07, 6.45) is 0. The molecule has 0 saturated heterocycles. The first-order chi connectivity index (χ1) is 20.3. The number of hydrogen-bond acceptors (Lipinski definition) is 4. The van der Waals surface area contributed by atoms with Crippen molar-refractivity contribution in [3.8, 4) is 45.3 Å². The maximum Gasteiger partial charge on any atom is 0.168 e. The van der Waals surface area contributed by atoms with Gasteiger partial charge in [-0.15, -0.1) is 0 Å². The number of rotatable bonds is 4. The summed E-state index contributed by atoms with van der Waals surface area (Å²) in [4.78, 5) is 15.1. The number of aromatic nitrogens is 3. The molecule has 6 aromatic carbocycles. The predicted molar refractivity (Wildman–Crippen MR) is 166 cm³/mol. The van der Waals surface area contributed by atoms with Crippen molar-refractivity contribution in [2.75, 3.05) is 0 Å². The topological polar surface area (TPSA) is 51.8 Å². The first-order valence-electron chi connectivity index (χ1n) is 13.6. The van der Waals surface area contributed by atoms with Gasteiger partial charge in [0.25, 0.3) is 0 Å². The summed E-state index contributed by atoms with van der Waals surface area (Å²) < 4.78 is 6.70. The Morgan fingerprint density at radius 1 is 0.366 bits per heavy atom. The van der Waals surface area contributed by atoms with E-state index in [0.29, 0.717) is 17.5 Å². The molecule has 0 radical (unpaired) electrons. The Hall–Kier alpha value is -5.61. The van der Waals surface area contributed by atoms with E-state index in [1.807, 2.05) is 78.9 Å². The van der Waals surface area contributed by atoms with Crippen LogP contribution in [0.15, 0.2) is 144 Å². The Morgan fingerprint density at radius 3 is 1.39 bits per heavy atom. The van der Waals surface area contributed by atoms with Crippen LogP contribution in [0.2, 0.25) is 0 Å². The second kappa shape index (κ2) is 9.54. The number of furan rings is 1. The Balaban J connectivity index is 1.54. The van der Waals surface area contributed by atoms with Crippen molar-refractivity contribution in [1.29, 1.82) is 0 Å². The number of hydrogen-bond donors (Lipinski definition) is 0. The van der Waals surface area contributed by atoms with E-state index in [0.717, 1.165) is 60.5 Å². The van der Waals surface area contributed by atoms with Crippen LogP contribution in [-0.4, -0.2) is 15.0 Å². The smallest absolute Gasteiger partial charge is 0.168 e. The molecule has 0 aliphatic carbocycles. The van der Waals surface area contributed by atoms with Crippen molar-refractivity contribution in [2.24, 2.45) is 0 Å². The van der Waals surface area contributed by atoms with Gasteiger partial charge >= 0.3 is 0 Å². The molecule has 0 fully saturated rings. The van der Waals surface area contributed by atoms with Crippen molar-refractivity contribution >= 4 is 32.7 Å². The summed E-state index contributed by atoms with van der Waals surface area (Å²) in [7, 11) is 0. The van der Waals surface area contributed by atoms with Gasteiger partial charge < -0.3 is 4.42 Å². The predicted octanol–water partition coefficient (Wildman–Crippen LogP) is 9.59. The van der Waals surface area contributed by atoms with E-state index in [9.17, 15) is 0 Å². The summed E-state index contributed by atoms with van der Waals surface area (Å²) in [5, 5.41) is 4.27. The highest BCUT2D eigenvalue weighted by Gasteiger charge is 2.24. The van der Waals surface area contributed by atoms with Crippen molar-refractivity contribution in [3.63, 3.8) is 0 Å². The zero-order valence-electron chi connectivity index (χ0n) is 22.0. The van der Waals surface area contributed by atoms with E-state index in [4.69, 9.17) is 19.4 Å². The minimum absolute atomic E-state index is 0.581. The van der Waals surface area contributed by atoms with Crippen LogP contribution in [0, 0.1) is 0 Å². The van der Waals surface area contributed by atoms with Crippen LogP contribution in [0.5, 0.6) is 0 Å². The molecule has 2 heterocycles. The molecule has 41 heavy (non-hydrogen) atoms. The van der Waals surface area contributed by atoms with Crippen LogP contribution in [-0.2, 0) is 0 Å². The van der Waals surface area contributed by atoms with Gasteiger partial charge in [0.05, 0.1) is 5.56 Å². The second-order valence-corrected chi connectivity index (χ2v) is 10.0. The molecule has 8 aromatic rings. The summed E-state index contributed by atoms with van der Waals surface area (Å²) in [5.74, 6) is 1.82. The van der Waals surface area contributed by atoms with Crippen molar-refractivity contribution < 1.29 is 4.42 Å². The van der Waals surface area contributed by atoms with Crippen molar-refractivity contribution in [2.45, 2.75) is 0 Å². The van der Waals surface area contributed by atoms with E-state index >= 15 is 0 Å². The molecule has 4 heteroatoms. The Bertz CT molecular complexity index is 2130. The second-order valence-electron chi connectivity index (χ2n) is 10.0. The first kappa shape index (κ1) is 23.3. The molecule has 192 valence electrons. The fraction of sp³-hybridized carbons (Fsp3) is 0. The summed E-state index contributed by atoms with van der Waals surface area (Å²) in [6, 6.07) is 47.3. The Morgan fingerprint density at radius 2 is 0.805 bits per heavy atom. The molecule has 0 amide bonds. The van der Waals surface area contributed by atoms with Crippen LogP contribution in [0.3, 0.4) is 0 Å². The standard InChI is InChI=1S/C37H23N3O/c1-4-14-24(15-5-1)31-27-20-10-11-21-28(27)33(34-32(31)29-22-12-13-23-30(29)41-34)37-39-35(25-16-6-2-7-17-25)38-36(40-37)26-18-8-3-9-19-26/h1-23H. The quantitative estimate of drug-likeness (QED) is 0.230. The van der Waals surface area contributed by atoms with E-state index in [1.54, 1.807) is 0 Å². The third kappa shape index (κ3) is 3.88. The molecule has 0 aliphatic rings. The lowest BCUT2D eigenvalue weighted by Crippen LogP contribution is -2.01. The molecular weight excluding hydrogens is 502 g/mol. The van der Waals surface area contributed by atoms with Gasteiger partial charge in [0.2, 0.25) is 0 Å². The zero-order chi connectivity index (χ0) is 27.2. The highest BCUT2D eigenvalue weighted by molar-refractivity contribution is 6.26. The van der Waals surface area contributed by atoms with E-state index < -0.39 is 0 Å². The van der Waals surface area contributed by atoms with Gasteiger partial charge in [-0.1, -0.05) is 133 Å². The summed E-state index contributed by atoms with van der Waals surface area (Å²) in [5.41, 5.74) is 6.61. The van der Waals surface area contributed by atoms with Crippen LogP contribution >= 0.6 is 0 Å². The Labute approximate surface area is 236 Å². The van der Waals surface area contributed by atoms with Gasteiger partial charge in [-0.2, -0.15) is 0 Å². The lowest BCUT2D eigenvalue weighted by atomic mass is 9.90. The molecule has 0 N–H and O–H groups in total. The molecule has 0 unspecified atom stereocenters. The van der Waals surface area contributed by atoms with Gasteiger partial charge in [0.1, 0.15) is 11.2 Å². The molecule has 0 spiro atoms. The lowest BCUT2D eigenvalue weighted by molar-refractivity contribution is 0.670. The van der Waals surface area contributed by atoms with E-state index in [-0.39, 0.29) is 0 Å². The molecule has 0 saturated carbocycles. The molecular formula is C37H23N3O. The summed E-state index contributed by atoms with van der Waals surface area (Å²) >= 11 is 0. The van der Waals surface area contributed by atoms with Crippen LogP contribution in [0.1, 0.15) is 0 Å². The van der Waals surface area contributed by atoms with Gasteiger partial charge in [-0.05, 0) is 22.4 Å². The van der Waals surface area contributed by atoms with Crippen LogP contribution in [0.25, 0.3) is 78.0 Å². The molecule has 4 nitrogen and oxygen atoms in total. The van der Waals surface area contributed by atoms with E-state index in [2.05, 4.69) is 60.7 Å². The number of fused-ring (bicyclic) bond motifs is 4. The normalized spacial score (nSPS) is 11.4.